The molecule has 0 saturated carbocycles. The third-order valence-electron chi connectivity index (χ3n) is 3.84. The number of hydrogen-bond acceptors (Lipinski definition) is 4. The van der Waals surface area contributed by atoms with E-state index in [2.05, 4.69) is 24.1 Å². The number of rotatable bonds is 5. The van der Waals surface area contributed by atoms with E-state index in [-0.39, 0.29) is 42.4 Å². The molecule has 8 heteroatoms. The Balaban J connectivity index is 0.00000242. The van der Waals surface area contributed by atoms with Gasteiger partial charge in [0.25, 0.3) is 5.69 Å². The highest BCUT2D eigenvalue weighted by atomic mass is 35.5. The van der Waals surface area contributed by atoms with Crippen LogP contribution in [-0.4, -0.2) is 36.0 Å². The topological polar surface area (TPSA) is 58.4 Å². The maximum Gasteiger partial charge on any atom is 0.269 e. The number of benzene rings is 1. The Bertz CT molecular complexity index is 511. The highest BCUT2D eigenvalue weighted by Gasteiger charge is 2.27. The van der Waals surface area contributed by atoms with E-state index in [1.165, 1.54) is 18.2 Å². The highest BCUT2D eigenvalue weighted by Crippen LogP contribution is 2.32. The predicted molar refractivity (Wildman–Crippen MR) is 94.2 cm³/mol. The van der Waals surface area contributed by atoms with Crippen molar-refractivity contribution in [2.75, 3.05) is 26.2 Å². The number of nitrogens with zero attached hydrogens (tertiary/aromatic N) is 2. The Hall–Kier alpha value is -0.950. The molecular weight excluding hydrogens is 344 g/mol. The van der Waals surface area contributed by atoms with Crippen molar-refractivity contribution in [1.82, 2.24) is 10.2 Å². The number of nitro benzene ring substituents is 1. The Morgan fingerprint density at radius 3 is 2.43 bits per heavy atom. The Kier molecular flexibility index (Phi) is 9.61. The molecule has 5 nitrogen and oxygen atoms in total. The number of nitro groups is 1. The molecule has 0 radical (unpaired) electrons. The van der Waals surface area contributed by atoms with Crippen molar-refractivity contribution in [2.45, 2.75) is 26.3 Å². The van der Waals surface area contributed by atoms with Crippen LogP contribution in [0.1, 0.15) is 31.9 Å². The summed E-state index contributed by atoms with van der Waals surface area (Å²) < 4.78 is 14.2. The first-order chi connectivity index (χ1) is 9.99. The van der Waals surface area contributed by atoms with E-state index < -0.39 is 4.92 Å². The van der Waals surface area contributed by atoms with Crippen molar-refractivity contribution in [3.05, 3.63) is 39.7 Å². The van der Waals surface area contributed by atoms with E-state index in [9.17, 15) is 14.5 Å². The van der Waals surface area contributed by atoms with Crippen LogP contribution in [0.15, 0.2) is 18.2 Å². The summed E-state index contributed by atoms with van der Waals surface area (Å²) in [5.41, 5.74) is 0.398. The number of hydrogen-bond donors (Lipinski definition) is 1. The number of non-ortho nitro benzene ring substituents is 1. The lowest BCUT2D eigenvalue weighted by Crippen LogP contribution is -2.45. The molecule has 1 aromatic carbocycles. The van der Waals surface area contributed by atoms with Crippen LogP contribution in [0, 0.1) is 21.8 Å². The zero-order chi connectivity index (χ0) is 15.4. The van der Waals surface area contributed by atoms with Crippen molar-refractivity contribution in [1.29, 1.82) is 0 Å². The van der Waals surface area contributed by atoms with Crippen LogP contribution >= 0.6 is 24.8 Å². The quantitative estimate of drug-likeness (QED) is 0.638. The molecule has 1 N–H and O–H groups in total. The van der Waals surface area contributed by atoms with E-state index in [0.717, 1.165) is 32.6 Å². The normalized spacial score (nSPS) is 16.3. The monoisotopic (exact) mass is 367 g/mol. The van der Waals surface area contributed by atoms with Crippen molar-refractivity contribution in [3.8, 4) is 0 Å². The predicted octanol–water partition coefficient (Wildman–Crippen LogP) is 3.57. The Morgan fingerprint density at radius 1 is 1.30 bits per heavy atom. The molecule has 23 heavy (non-hydrogen) atoms. The fourth-order valence-corrected chi connectivity index (χ4v) is 2.81. The van der Waals surface area contributed by atoms with Gasteiger partial charge < -0.3 is 5.32 Å². The zero-order valence-electron chi connectivity index (χ0n) is 13.3. The molecule has 1 aliphatic heterocycles. The van der Waals surface area contributed by atoms with Crippen LogP contribution in [0.5, 0.6) is 0 Å². The van der Waals surface area contributed by atoms with Gasteiger partial charge in [-0.1, -0.05) is 13.8 Å². The molecule has 1 saturated heterocycles. The molecule has 0 bridgehead atoms. The molecule has 1 aliphatic rings. The third-order valence-corrected chi connectivity index (χ3v) is 3.84. The highest BCUT2D eigenvalue weighted by molar-refractivity contribution is 5.85. The van der Waals surface area contributed by atoms with Gasteiger partial charge in [0, 0.05) is 49.9 Å². The van der Waals surface area contributed by atoms with Crippen molar-refractivity contribution >= 4 is 30.5 Å². The molecule has 0 amide bonds. The van der Waals surface area contributed by atoms with Gasteiger partial charge in [-0.15, -0.1) is 24.8 Å². The molecule has 1 fully saturated rings. The molecule has 0 unspecified atom stereocenters. The molecule has 2 rings (SSSR count). The van der Waals surface area contributed by atoms with Crippen LogP contribution in [0.2, 0.25) is 0 Å². The van der Waals surface area contributed by atoms with Gasteiger partial charge in [-0.3, -0.25) is 15.0 Å². The molecule has 0 aromatic heterocycles. The second kappa shape index (κ2) is 10.0. The molecule has 1 heterocycles. The van der Waals surface area contributed by atoms with Crippen LogP contribution in [-0.2, 0) is 0 Å². The Morgan fingerprint density at radius 2 is 1.91 bits per heavy atom. The van der Waals surface area contributed by atoms with Crippen LogP contribution < -0.4 is 5.32 Å². The van der Waals surface area contributed by atoms with Crippen molar-refractivity contribution < 1.29 is 9.31 Å². The SMILES string of the molecule is CC(C)C[C@H](c1cc([N+](=O)[O-])ccc1F)N1CCNCC1.Cl.Cl. The average Bonchev–Trinajstić information content (AvgIpc) is 2.46. The van der Waals surface area contributed by atoms with Gasteiger partial charge in [-0.05, 0) is 18.4 Å². The Labute approximate surface area is 148 Å². The van der Waals surface area contributed by atoms with Gasteiger partial charge >= 0.3 is 0 Å². The zero-order valence-corrected chi connectivity index (χ0v) is 15.0. The summed E-state index contributed by atoms with van der Waals surface area (Å²) >= 11 is 0. The van der Waals surface area contributed by atoms with Gasteiger partial charge in [-0.25, -0.2) is 4.39 Å². The number of halogens is 3. The fourth-order valence-electron chi connectivity index (χ4n) is 2.81. The summed E-state index contributed by atoms with van der Waals surface area (Å²) in [6.07, 6.45) is 0.790. The van der Waals surface area contributed by atoms with E-state index in [4.69, 9.17) is 0 Å². The van der Waals surface area contributed by atoms with Crippen molar-refractivity contribution in [3.63, 3.8) is 0 Å². The van der Waals surface area contributed by atoms with Gasteiger partial charge in [0.05, 0.1) is 4.92 Å². The van der Waals surface area contributed by atoms with Gasteiger partial charge in [0.2, 0.25) is 0 Å². The van der Waals surface area contributed by atoms with Gasteiger partial charge in [0.1, 0.15) is 5.82 Å². The first-order valence-electron chi connectivity index (χ1n) is 7.37. The molecule has 0 aliphatic carbocycles. The lowest BCUT2D eigenvalue weighted by molar-refractivity contribution is -0.385. The molecule has 132 valence electrons. The summed E-state index contributed by atoms with van der Waals surface area (Å²) in [7, 11) is 0. The fraction of sp³-hybridized carbons (Fsp3) is 0.600. The van der Waals surface area contributed by atoms with Crippen LogP contribution in [0.3, 0.4) is 0 Å². The maximum atomic E-state index is 14.2. The largest absolute Gasteiger partial charge is 0.314 e. The molecule has 0 spiro atoms. The van der Waals surface area contributed by atoms with Crippen molar-refractivity contribution in [2.24, 2.45) is 5.92 Å². The summed E-state index contributed by atoms with van der Waals surface area (Å²) in [4.78, 5) is 12.7. The lowest BCUT2D eigenvalue weighted by Gasteiger charge is -2.36. The third kappa shape index (κ3) is 5.88. The average molecular weight is 368 g/mol. The van der Waals surface area contributed by atoms with E-state index >= 15 is 0 Å². The minimum atomic E-state index is -0.465. The first kappa shape index (κ1) is 22.1. The second-order valence-electron chi connectivity index (χ2n) is 5.89. The smallest absolute Gasteiger partial charge is 0.269 e. The van der Waals surface area contributed by atoms with Gasteiger partial charge in [-0.2, -0.15) is 0 Å². The minimum absolute atomic E-state index is 0. The summed E-state index contributed by atoms with van der Waals surface area (Å²) in [6.45, 7) is 7.57. The molecule has 1 atom stereocenters. The molecule has 1 aromatic rings. The summed E-state index contributed by atoms with van der Waals surface area (Å²) in [5, 5.41) is 14.2. The van der Waals surface area contributed by atoms with Crippen LogP contribution in [0.4, 0.5) is 10.1 Å². The van der Waals surface area contributed by atoms with E-state index in [1.54, 1.807) is 0 Å². The first-order valence-corrected chi connectivity index (χ1v) is 7.37. The van der Waals surface area contributed by atoms with Gasteiger partial charge in [0.15, 0.2) is 0 Å². The minimum Gasteiger partial charge on any atom is -0.314 e. The summed E-state index contributed by atoms with van der Waals surface area (Å²) in [5.74, 6) is 0.0355. The summed E-state index contributed by atoms with van der Waals surface area (Å²) in [6, 6.07) is 3.73. The maximum absolute atomic E-state index is 14.2. The molecular formula is C15H24Cl2FN3O2. The number of nitrogens with one attached hydrogen (secondary N) is 1. The van der Waals surface area contributed by atoms with Crippen LogP contribution in [0.25, 0.3) is 0 Å². The lowest BCUT2D eigenvalue weighted by atomic mass is 9.94. The second-order valence-corrected chi connectivity index (χ2v) is 5.89. The van der Waals surface area contributed by atoms with E-state index in [1.807, 2.05) is 0 Å². The number of piperazine rings is 1. The van der Waals surface area contributed by atoms with E-state index in [0.29, 0.717) is 11.5 Å². The standard InChI is InChI=1S/C15H22FN3O2.2ClH/c1-11(2)9-15(18-7-5-17-6-8-18)13-10-12(19(20)21)3-4-14(13)16;;/h3-4,10-11,15,17H,5-9H2,1-2H3;2*1H/t15-;;/m1../s1.